The number of carbonyl (C=O) groups is 1. The highest BCUT2D eigenvalue weighted by atomic mass is 16.3. The van der Waals surface area contributed by atoms with Crippen LogP contribution in [0.25, 0.3) is 0 Å². The molecule has 0 aromatic heterocycles. The van der Waals surface area contributed by atoms with Crippen LogP contribution in [0.1, 0.15) is 38.4 Å². The van der Waals surface area contributed by atoms with Gasteiger partial charge in [-0.1, -0.05) is 42.5 Å². The summed E-state index contributed by atoms with van der Waals surface area (Å²) in [6.07, 6.45) is 4.72. The number of allylic oxidation sites excluding steroid dienone is 1. The molecule has 2 amide bonds. The van der Waals surface area contributed by atoms with Crippen LogP contribution in [0.4, 0.5) is 4.79 Å². The second-order valence-electron chi connectivity index (χ2n) is 4.82. The number of rotatable bonds is 7. The third-order valence-corrected chi connectivity index (χ3v) is 2.97. The molecule has 1 rings (SSSR count). The standard InChI is InChI=1S/C16H24N2O2/c1-3-4-8-11-17-16(20)18-13(2)12-15(19)14-9-6-5-7-10-14/h3-7,9-10,13,15,19H,8,11-12H2,1-2H3,(H2,17,18,20)/b4-3+. The summed E-state index contributed by atoms with van der Waals surface area (Å²) in [4.78, 5) is 11.6. The molecule has 3 N–H and O–H groups in total. The van der Waals surface area contributed by atoms with Crippen LogP contribution < -0.4 is 10.6 Å². The summed E-state index contributed by atoms with van der Waals surface area (Å²) in [6.45, 7) is 4.45. The molecule has 0 bridgehead atoms. The van der Waals surface area contributed by atoms with Gasteiger partial charge in [0.1, 0.15) is 0 Å². The van der Waals surface area contributed by atoms with Gasteiger partial charge < -0.3 is 15.7 Å². The van der Waals surface area contributed by atoms with E-state index in [0.717, 1.165) is 12.0 Å². The number of urea groups is 1. The summed E-state index contributed by atoms with van der Waals surface area (Å²) in [5.41, 5.74) is 0.870. The van der Waals surface area contributed by atoms with E-state index in [0.29, 0.717) is 13.0 Å². The van der Waals surface area contributed by atoms with Crippen LogP contribution >= 0.6 is 0 Å². The Morgan fingerprint density at radius 2 is 2.05 bits per heavy atom. The smallest absolute Gasteiger partial charge is 0.315 e. The van der Waals surface area contributed by atoms with Gasteiger partial charge in [-0.2, -0.15) is 0 Å². The highest BCUT2D eigenvalue weighted by Gasteiger charge is 2.13. The third kappa shape index (κ3) is 6.38. The third-order valence-electron chi connectivity index (χ3n) is 2.97. The molecular weight excluding hydrogens is 252 g/mol. The molecule has 4 heteroatoms. The number of hydrogen-bond donors (Lipinski definition) is 3. The average molecular weight is 276 g/mol. The van der Waals surface area contributed by atoms with Crippen molar-refractivity contribution in [2.45, 2.75) is 38.8 Å². The number of nitrogens with one attached hydrogen (secondary N) is 2. The minimum absolute atomic E-state index is 0.0908. The Kier molecular flexibility index (Phi) is 7.43. The van der Waals surface area contributed by atoms with Gasteiger partial charge in [-0.25, -0.2) is 4.79 Å². The lowest BCUT2D eigenvalue weighted by atomic mass is 10.0. The molecule has 1 aromatic rings. The van der Waals surface area contributed by atoms with Gasteiger partial charge in [0, 0.05) is 12.6 Å². The molecule has 1 aromatic carbocycles. The van der Waals surface area contributed by atoms with Gasteiger partial charge in [-0.15, -0.1) is 0 Å². The molecule has 0 fully saturated rings. The summed E-state index contributed by atoms with van der Waals surface area (Å²) in [5.74, 6) is 0. The Labute approximate surface area is 120 Å². The molecule has 0 aliphatic heterocycles. The van der Waals surface area contributed by atoms with E-state index < -0.39 is 6.10 Å². The minimum atomic E-state index is -0.561. The fourth-order valence-corrected chi connectivity index (χ4v) is 1.92. The first-order valence-corrected chi connectivity index (χ1v) is 7.02. The van der Waals surface area contributed by atoms with E-state index in [1.807, 2.05) is 56.3 Å². The molecule has 110 valence electrons. The number of aliphatic hydroxyl groups excluding tert-OH is 1. The number of benzene rings is 1. The van der Waals surface area contributed by atoms with Crippen molar-refractivity contribution in [2.75, 3.05) is 6.54 Å². The van der Waals surface area contributed by atoms with Crippen molar-refractivity contribution in [3.63, 3.8) is 0 Å². The van der Waals surface area contributed by atoms with Gasteiger partial charge in [-0.05, 0) is 32.3 Å². The van der Waals surface area contributed by atoms with E-state index >= 15 is 0 Å². The van der Waals surface area contributed by atoms with Gasteiger partial charge >= 0.3 is 6.03 Å². The maximum absolute atomic E-state index is 11.6. The van der Waals surface area contributed by atoms with E-state index in [1.165, 1.54) is 0 Å². The number of carbonyl (C=O) groups excluding carboxylic acids is 1. The Bertz CT molecular complexity index is 418. The van der Waals surface area contributed by atoms with Gasteiger partial charge in [0.15, 0.2) is 0 Å². The molecular formula is C16H24N2O2. The van der Waals surface area contributed by atoms with Crippen LogP contribution in [0.5, 0.6) is 0 Å². The lowest BCUT2D eigenvalue weighted by Crippen LogP contribution is -2.41. The Morgan fingerprint density at radius 3 is 2.70 bits per heavy atom. The van der Waals surface area contributed by atoms with Crippen LogP contribution in [-0.4, -0.2) is 23.7 Å². The van der Waals surface area contributed by atoms with E-state index in [-0.39, 0.29) is 12.1 Å². The number of aliphatic hydroxyl groups is 1. The first-order chi connectivity index (χ1) is 9.63. The van der Waals surface area contributed by atoms with Gasteiger partial charge in [0.25, 0.3) is 0 Å². The molecule has 0 aliphatic rings. The van der Waals surface area contributed by atoms with Gasteiger partial charge in [0.2, 0.25) is 0 Å². The van der Waals surface area contributed by atoms with Crippen LogP contribution in [0, 0.1) is 0 Å². The quantitative estimate of drug-likeness (QED) is 0.530. The van der Waals surface area contributed by atoms with Crippen molar-refractivity contribution in [3.8, 4) is 0 Å². The maximum atomic E-state index is 11.6. The SMILES string of the molecule is C/C=C/CCNC(=O)NC(C)CC(O)c1ccccc1. The highest BCUT2D eigenvalue weighted by molar-refractivity contribution is 5.74. The van der Waals surface area contributed by atoms with Crippen molar-refractivity contribution in [2.24, 2.45) is 0 Å². The summed E-state index contributed by atoms with van der Waals surface area (Å²) >= 11 is 0. The molecule has 0 radical (unpaired) electrons. The van der Waals surface area contributed by atoms with Crippen LogP contribution in [0.3, 0.4) is 0 Å². The Morgan fingerprint density at radius 1 is 1.35 bits per heavy atom. The largest absolute Gasteiger partial charge is 0.388 e. The first-order valence-electron chi connectivity index (χ1n) is 7.02. The maximum Gasteiger partial charge on any atom is 0.315 e. The lowest BCUT2D eigenvalue weighted by molar-refractivity contribution is 0.154. The van der Waals surface area contributed by atoms with E-state index in [4.69, 9.17) is 0 Å². The van der Waals surface area contributed by atoms with Crippen molar-refractivity contribution >= 4 is 6.03 Å². The normalized spacial score (nSPS) is 13.9. The number of hydrogen-bond acceptors (Lipinski definition) is 2. The monoisotopic (exact) mass is 276 g/mol. The topological polar surface area (TPSA) is 61.4 Å². The Hall–Kier alpha value is -1.81. The van der Waals surface area contributed by atoms with Crippen LogP contribution in [0.2, 0.25) is 0 Å². The predicted molar refractivity (Wildman–Crippen MR) is 81.4 cm³/mol. The average Bonchev–Trinajstić information content (AvgIpc) is 2.44. The molecule has 0 heterocycles. The zero-order valence-electron chi connectivity index (χ0n) is 12.2. The molecule has 2 unspecified atom stereocenters. The second-order valence-corrected chi connectivity index (χ2v) is 4.82. The highest BCUT2D eigenvalue weighted by Crippen LogP contribution is 2.17. The van der Waals surface area contributed by atoms with Gasteiger partial charge in [0.05, 0.1) is 6.10 Å². The van der Waals surface area contributed by atoms with E-state index in [1.54, 1.807) is 0 Å². The molecule has 0 aliphatic carbocycles. The van der Waals surface area contributed by atoms with Crippen molar-refractivity contribution in [1.82, 2.24) is 10.6 Å². The molecule has 0 spiro atoms. The lowest BCUT2D eigenvalue weighted by Gasteiger charge is -2.18. The van der Waals surface area contributed by atoms with Crippen molar-refractivity contribution < 1.29 is 9.90 Å². The van der Waals surface area contributed by atoms with Crippen LogP contribution in [0.15, 0.2) is 42.5 Å². The zero-order valence-corrected chi connectivity index (χ0v) is 12.2. The predicted octanol–water partition coefficient (Wildman–Crippen LogP) is 2.76. The van der Waals surface area contributed by atoms with Gasteiger partial charge in [-0.3, -0.25) is 0 Å². The fourth-order valence-electron chi connectivity index (χ4n) is 1.92. The number of amides is 2. The molecule has 4 nitrogen and oxygen atoms in total. The Balaban J connectivity index is 2.28. The zero-order chi connectivity index (χ0) is 14.8. The fraction of sp³-hybridized carbons (Fsp3) is 0.438. The van der Waals surface area contributed by atoms with E-state index in [2.05, 4.69) is 10.6 Å². The summed E-state index contributed by atoms with van der Waals surface area (Å²) < 4.78 is 0. The molecule has 20 heavy (non-hydrogen) atoms. The molecule has 2 atom stereocenters. The second kappa shape index (κ2) is 9.15. The summed E-state index contributed by atoms with van der Waals surface area (Å²) in [7, 11) is 0. The van der Waals surface area contributed by atoms with Crippen LogP contribution in [-0.2, 0) is 0 Å². The molecule has 0 saturated carbocycles. The first kappa shape index (κ1) is 16.2. The van der Waals surface area contributed by atoms with E-state index in [9.17, 15) is 9.90 Å². The summed E-state index contributed by atoms with van der Waals surface area (Å²) in [6, 6.07) is 9.18. The summed E-state index contributed by atoms with van der Waals surface area (Å²) in [5, 5.41) is 15.7. The minimum Gasteiger partial charge on any atom is -0.388 e. The van der Waals surface area contributed by atoms with Crippen molar-refractivity contribution in [1.29, 1.82) is 0 Å². The van der Waals surface area contributed by atoms with Crippen molar-refractivity contribution in [3.05, 3.63) is 48.0 Å². The molecule has 0 saturated heterocycles.